The molecule has 0 spiro atoms. The van der Waals surface area contributed by atoms with Crippen LogP contribution in [0.1, 0.15) is 37.8 Å². The van der Waals surface area contributed by atoms with Crippen LogP contribution in [0.2, 0.25) is 0 Å². The van der Waals surface area contributed by atoms with Gasteiger partial charge in [-0.2, -0.15) is 10.4 Å². The number of nitrogens with zero attached hydrogens (tertiary/aromatic N) is 5. The number of aromatic nitrogens is 3. The summed E-state index contributed by atoms with van der Waals surface area (Å²) in [5, 5.41) is 24.0. The number of aliphatic hydroxyl groups is 1. The summed E-state index contributed by atoms with van der Waals surface area (Å²) in [5.74, 6) is 8.61. The van der Waals surface area contributed by atoms with E-state index < -0.39 is 5.60 Å². The molecule has 186 valence electrons. The lowest BCUT2D eigenvalue weighted by molar-refractivity contribution is 0.0283. The second kappa shape index (κ2) is 10.3. The second-order valence-electron chi connectivity index (χ2n) is 9.96. The van der Waals surface area contributed by atoms with Crippen molar-refractivity contribution in [2.75, 3.05) is 24.6 Å². The number of hydrogen-bond acceptors (Lipinski definition) is 6. The molecule has 0 radical (unpaired) electrons. The first kappa shape index (κ1) is 24.4. The predicted octanol–water partition coefficient (Wildman–Crippen LogP) is 4.69. The molecule has 1 fully saturated rings. The highest BCUT2D eigenvalue weighted by Crippen LogP contribution is 2.32. The third kappa shape index (κ3) is 5.74. The molecule has 7 nitrogen and oxygen atoms in total. The minimum Gasteiger partial charge on any atom is -0.489 e. The number of pyridine rings is 2. The van der Waals surface area contributed by atoms with Gasteiger partial charge in [0.2, 0.25) is 0 Å². The maximum Gasteiger partial charge on any atom is 0.138 e. The van der Waals surface area contributed by atoms with Gasteiger partial charge in [0.1, 0.15) is 24.2 Å². The fraction of sp³-hybridized carbons (Fsp3) is 0.300. The van der Waals surface area contributed by atoms with Crippen LogP contribution < -0.4 is 9.64 Å². The Morgan fingerprint density at radius 3 is 2.57 bits per heavy atom. The van der Waals surface area contributed by atoms with Crippen LogP contribution in [-0.4, -0.2) is 45.0 Å². The molecule has 0 atom stereocenters. The molecule has 1 N–H and O–H groups in total. The molecule has 5 rings (SSSR count). The summed E-state index contributed by atoms with van der Waals surface area (Å²) < 4.78 is 7.47. The van der Waals surface area contributed by atoms with Gasteiger partial charge in [0.05, 0.1) is 29.1 Å². The van der Waals surface area contributed by atoms with Crippen LogP contribution in [0, 0.1) is 29.1 Å². The Hall–Kier alpha value is -4.33. The molecule has 0 amide bonds. The van der Waals surface area contributed by atoms with Crippen LogP contribution in [0.3, 0.4) is 0 Å². The topological polar surface area (TPSA) is 86.7 Å². The monoisotopic (exact) mass is 491 g/mol. The zero-order valence-electron chi connectivity index (χ0n) is 21.1. The molecule has 7 heteroatoms. The van der Waals surface area contributed by atoms with E-state index in [9.17, 15) is 10.4 Å². The lowest BCUT2D eigenvalue weighted by Gasteiger charge is -2.30. The first-order valence-electron chi connectivity index (χ1n) is 12.4. The minimum atomic E-state index is -0.971. The molecule has 0 bridgehead atoms. The van der Waals surface area contributed by atoms with E-state index in [1.54, 1.807) is 30.8 Å². The van der Waals surface area contributed by atoms with Crippen molar-refractivity contribution in [2.24, 2.45) is 5.92 Å². The van der Waals surface area contributed by atoms with E-state index in [1.807, 2.05) is 54.7 Å². The van der Waals surface area contributed by atoms with Crippen molar-refractivity contribution in [3.05, 3.63) is 78.2 Å². The van der Waals surface area contributed by atoms with Crippen LogP contribution >= 0.6 is 0 Å². The molecule has 1 aliphatic heterocycles. The molecule has 37 heavy (non-hydrogen) atoms. The van der Waals surface area contributed by atoms with Crippen molar-refractivity contribution in [1.29, 1.82) is 5.26 Å². The van der Waals surface area contributed by atoms with Gasteiger partial charge in [-0.25, -0.2) is 9.50 Å². The first-order valence-corrected chi connectivity index (χ1v) is 12.4. The highest BCUT2D eigenvalue weighted by atomic mass is 16.5. The Bertz CT molecular complexity index is 1480. The summed E-state index contributed by atoms with van der Waals surface area (Å²) >= 11 is 0. The van der Waals surface area contributed by atoms with E-state index in [0.717, 1.165) is 48.4 Å². The van der Waals surface area contributed by atoms with Crippen molar-refractivity contribution in [2.45, 2.75) is 32.3 Å². The summed E-state index contributed by atoms with van der Waals surface area (Å²) in [6.45, 7) is 5.33. The van der Waals surface area contributed by atoms with E-state index in [4.69, 9.17) is 9.72 Å². The number of ether oxygens (including phenoxy) is 1. The normalized spacial score (nSPS) is 14.2. The number of benzene rings is 1. The third-order valence-electron chi connectivity index (χ3n) is 6.37. The van der Waals surface area contributed by atoms with Gasteiger partial charge in [-0.1, -0.05) is 30.0 Å². The Balaban J connectivity index is 1.33. The van der Waals surface area contributed by atoms with E-state index in [0.29, 0.717) is 22.7 Å². The van der Waals surface area contributed by atoms with Crippen molar-refractivity contribution >= 4 is 11.3 Å². The average molecular weight is 492 g/mol. The van der Waals surface area contributed by atoms with Gasteiger partial charge in [-0.3, -0.25) is 0 Å². The van der Waals surface area contributed by atoms with E-state index in [-0.39, 0.29) is 6.61 Å². The molecular weight excluding hydrogens is 462 g/mol. The number of anilines is 1. The van der Waals surface area contributed by atoms with Crippen LogP contribution in [-0.2, 0) is 0 Å². The Kier molecular flexibility index (Phi) is 6.81. The number of hydrogen-bond donors (Lipinski definition) is 1. The number of rotatable bonds is 5. The molecular formula is C30H29N5O2. The molecule has 4 aromatic rings. The molecule has 1 aliphatic rings. The Labute approximate surface area is 217 Å². The molecule has 0 aliphatic carbocycles. The third-order valence-corrected chi connectivity index (χ3v) is 6.37. The van der Waals surface area contributed by atoms with Crippen LogP contribution in [0.4, 0.5) is 5.82 Å². The minimum absolute atomic E-state index is 0.132. The zero-order chi connectivity index (χ0) is 25.8. The SMILES string of the molecule is CC(C)(O)COc1cc(-c2ccc(N3CCC(C#Cc4ccccc4)CC3)nc2)c2c(C#N)cnn2c1. The van der Waals surface area contributed by atoms with Gasteiger partial charge in [0, 0.05) is 41.9 Å². The van der Waals surface area contributed by atoms with Crippen molar-refractivity contribution in [1.82, 2.24) is 14.6 Å². The van der Waals surface area contributed by atoms with Gasteiger partial charge in [0.15, 0.2) is 0 Å². The van der Waals surface area contributed by atoms with E-state index >= 15 is 0 Å². The van der Waals surface area contributed by atoms with Gasteiger partial charge >= 0.3 is 0 Å². The molecule has 1 aromatic carbocycles. The molecule has 4 heterocycles. The van der Waals surface area contributed by atoms with Crippen LogP contribution in [0.5, 0.6) is 5.75 Å². The summed E-state index contributed by atoms with van der Waals surface area (Å²) in [6, 6.07) is 18.3. The van der Waals surface area contributed by atoms with Crippen molar-refractivity contribution in [3.63, 3.8) is 0 Å². The summed E-state index contributed by atoms with van der Waals surface area (Å²) in [7, 11) is 0. The molecule has 1 saturated heterocycles. The Morgan fingerprint density at radius 2 is 1.89 bits per heavy atom. The Morgan fingerprint density at radius 1 is 1.11 bits per heavy atom. The summed E-state index contributed by atoms with van der Waals surface area (Å²) in [6.07, 6.45) is 7.11. The molecule has 0 unspecified atom stereocenters. The highest BCUT2D eigenvalue weighted by molar-refractivity contribution is 5.85. The second-order valence-corrected chi connectivity index (χ2v) is 9.96. The van der Waals surface area contributed by atoms with E-state index in [1.165, 1.54) is 0 Å². The number of piperidine rings is 1. The van der Waals surface area contributed by atoms with E-state index in [2.05, 4.69) is 27.9 Å². The average Bonchev–Trinajstić information content (AvgIpc) is 3.34. The lowest BCUT2D eigenvalue weighted by Crippen LogP contribution is -2.33. The van der Waals surface area contributed by atoms with Crippen molar-refractivity contribution < 1.29 is 9.84 Å². The smallest absolute Gasteiger partial charge is 0.138 e. The fourth-order valence-corrected chi connectivity index (χ4v) is 4.43. The highest BCUT2D eigenvalue weighted by Gasteiger charge is 2.20. The van der Waals surface area contributed by atoms with Crippen molar-refractivity contribution in [3.8, 4) is 34.8 Å². The first-order chi connectivity index (χ1) is 17.9. The molecule has 0 saturated carbocycles. The van der Waals surface area contributed by atoms with Crippen LogP contribution in [0.15, 0.2) is 67.1 Å². The maximum atomic E-state index is 10.1. The standard InChI is InChI=1S/C30H29N5O2/c1-30(2,36)21-37-26-16-27(29-25(17-31)19-33-35(29)20-26)24-10-11-28(32-18-24)34-14-12-23(13-15-34)9-8-22-6-4-3-5-7-22/h3-7,10-11,16,18-20,23,36H,12-15,21H2,1-2H3. The molecule has 3 aromatic heterocycles. The summed E-state index contributed by atoms with van der Waals surface area (Å²) in [5.41, 5.74) is 2.93. The summed E-state index contributed by atoms with van der Waals surface area (Å²) in [4.78, 5) is 7.05. The zero-order valence-corrected chi connectivity index (χ0v) is 21.1. The largest absolute Gasteiger partial charge is 0.489 e. The fourth-order valence-electron chi connectivity index (χ4n) is 4.43. The van der Waals surface area contributed by atoms with Gasteiger partial charge in [-0.05, 0) is 57.0 Å². The van der Waals surface area contributed by atoms with Crippen LogP contribution in [0.25, 0.3) is 16.6 Å². The predicted molar refractivity (Wildman–Crippen MR) is 143 cm³/mol. The lowest BCUT2D eigenvalue weighted by atomic mass is 9.97. The maximum absolute atomic E-state index is 10.1. The quantitative estimate of drug-likeness (QED) is 0.408. The van der Waals surface area contributed by atoms with Gasteiger partial charge < -0.3 is 14.7 Å². The number of nitriles is 1. The van der Waals surface area contributed by atoms with Gasteiger partial charge in [-0.15, -0.1) is 0 Å². The van der Waals surface area contributed by atoms with Gasteiger partial charge in [0.25, 0.3) is 0 Å². The number of fused-ring (bicyclic) bond motifs is 1.